The van der Waals surface area contributed by atoms with Gasteiger partial charge in [-0.15, -0.1) is 0 Å². The Morgan fingerprint density at radius 2 is 1.89 bits per heavy atom. The Morgan fingerprint density at radius 3 is 2.67 bits per heavy atom. The van der Waals surface area contributed by atoms with E-state index < -0.39 is 6.09 Å². The predicted molar refractivity (Wildman–Crippen MR) is 131 cm³/mol. The van der Waals surface area contributed by atoms with Crippen molar-refractivity contribution in [3.05, 3.63) is 69.6 Å². The van der Waals surface area contributed by atoms with Crippen LogP contribution < -0.4 is 20.3 Å². The number of rotatable bonds is 5. The summed E-state index contributed by atoms with van der Waals surface area (Å²) in [4.78, 5) is 45.2. The summed E-state index contributed by atoms with van der Waals surface area (Å²) in [6.45, 7) is 4.41. The van der Waals surface area contributed by atoms with Crippen molar-refractivity contribution in [2.75, 3.05) is 25.3 Å². The van der Waals surface area contributed by atoms with Crippen molar-refractivity contribution in [3.63, 3.8) is 0 Å². The van der Waals surface area contributed by atoms with Crippen LogP contribution in [0.25, 0.3) is 11.4 Å². The number of carbonyl (C=O) groups is 2. The van der Waals surface area contributed by atoms with Crippen molar-refractivity contribution in [1.82, 2.24) is 14.5 Å². The summed E-state index contributed by atoms with van der Waals surface area (Å²) in [5, 5.41) is 2.82. The summed E-state index contributed by atoms with van der Waals surface area (Å²) in [5.41, 5.74) is 3.01. The van der Waals surface area contributed by atoms with E-state index in [4.69, 9.17) is 19.2 Å². The number of aromatic nitrogens is 2. The minimum Gasteiger partial charge on any atom is -0.454 e. The van der Waals surface area contributed by atoms with Crippen LogP contribution in [-0.4, -0.2) is 46.4 Å². The highest BCUT2D eigenvalue weighted by atomic mass is 16.7. The first-order valence-electron chi connectivity index (χ1n) is 11.7. The number of anilines is 1. The normalized spacial score (nSPS) is 13.8. The summed E-state index contributed by atoms with van der Waals surface area (Å²) >= 11 is 0. The number of hydrogen-bond acceptors (Lipinski definition) is 7. The van der Waals surface area contributed by atoms with Gasteiger partial charge in [0.25, 0.3) is 5.56 Å². The van der Waals surface area contributed by atoms with Crippen molar-refractivity contribution in [2.45, 2.75) is 33.4 Å². The SMILES string of the molecule is CCOC(=O)N1CCc2c(nc(-c3ccc(C)cc3)n(CC(=O)Nc3ccc4c(c3)OCO4)c2=O)C1. The molecule has 10 heteroatoms. The van der Waals surface area contributed by atoms with E-state index >= 15 is 0 Å². The fourth-order valence-corrected chi connectivity index (χ4v) is 4.29. The summed E-state index contributed by atoms with van der Waals surface area (Å²) in [5.74, 6) is 1.15. The van der Waals surface area contributed by atoms with E-state index in [9.17, 15) is 14.4 Å². The molecule has 36 heavy (non-hydrogen) atoms. The molecule has 5 rings (SSSR count). The summed E-state index contributed by atoms with van der Waals surface area (Å²) in [6, 6.07) is 12.7. The summed E-state index contributed by atoms with van der Waals surface area (Å²) in [7, 11) is 0. The molecule has 2 amide bonds. The third-order valence-electron chi connectivity index (χ3n) is 6.11. The van der Waals surface area contributed by atoms with Gasteiger partial charge in [0.15, 0.2) is 11.5 Å². The number of nitrogens with zero attached hydrogens (tertiary/aromatic N) is 3. The molecule has 186 valence electrons. The van der Waals surface area contributed by atoms with E-state index in [-0.39, 0.29) is 38.0 Å². The molecule has 0 saturated carbocycles. The number of hydrogen-bond donors (Lipinski definition) is 1. The van der Waals surface area contributed by atoms with Crippen LogP contribution >= 0.6 is 0 Å². The standard InChI is InChI=1S/C26H26N4O6/c1-3-34-26(33)29-11-10-19-20(13-29)28-24(17-6-4-16(2)5-7-17)30(25(19)32)14-23(31)27-18-8-9-21-22(12-18)36-15-35-21/h4-9,12H,3,10-11,13-15H2,1-2H3,(H,27,31). The Morgan fingerprint density at radius 1 is 1.11 bits per heavy atom. The molecule has 3 aromatic rings. The molecule has 0 fully saturated rings. The molecule has 2 aliphatic rings. The molecule has 0 saturated heterocycles. The molecule has 0 bridgehead atoms. The van der Waals surface area contributed by atoms with Crippen LogP contribution in [0.2, 0.25) is 0 Å². The van der Waals surface area contributed by atoms with Gasteiger partial charge in [0, 0.05) is 29.4 Å². The summed E-state index contributed by atoms with van der Waals surface area (Å²) < 4.78 is 17.2. The van der Waals surface area contributed by atoms with Crippen LogP contribution in [-0.2, 0) is 29.0 Å². The zero-order valence-electron chi connectivity index (χ0n) is 20.1. The monoisotopic (exact) mass is 490 g/mol. The van der Waals surface area contributed by atoms with Crippen molar-refractivity contribution in [3.8, 4) is 22.9 Å². The Hall–Kier alpha value is -4.34. The fourth-order valence-electron chi connectivity index (χ4n) is 4.29. The maximum atomic E-state index is 13.6. The average molecular weight is 491 g/mol. The Kier molecular flexibility index (Phi) is 6.32. The van der Waals surface area contributed by atoms with Crippen LogP contribution in [0.1, 0.15) is 23.7 Å². The minimum atomic E-state index is -0.436. The smallest absolute Gasteiger partial charge is 0.410 e. The molecule has 0 radical (unpaired) electrons. The van der Waals surface area contributed by atoms with Gasteiger partial charge in [-0.2, -0.15) is 0 Å². The highest BCUT2D eigenvalue weighted by molar-refractivity contribution is 5.91. The van der Waals surface area contributed by atoms with Gasteiger partial charge in [-0.05, 0) is 32.4 Å². The molecule has 3 heterocycles. The first-order chi connectivity index (χ1) is 17.4. The third kappa shape index (κ3) is 4.61. The summed E-state index contributed by atoms with van der Waals surface area (Å²) in [6.07, 6.45) is -0.105. The van der Waals surface area contributed by atoms with Crippen LogP contribution in [0.4, 0.5) is 10.5 Å². The number of aryl methyl sites for hydroxylation is 1. The molecular formula is C26H26N4O6. The van der Waals surface area contributed by atoms with E-state index in [1.807, 2.05) is 31.2 Å². The van der Waals surface area contributed by atoms with E-state index in [1.54, 1.807) is 25.1 Å². The molecule has 1 N–H and O–H groups in total. The van der Waals surface area contributed by atoms with Gasteiger partial charge in [-0.1, -0.05) is 29.8 Å². The van der Waals surface area contributed by atoms with E-state index in [0.717, 1.165) is 5.56 Å². The second-order valence-corrected chi connectivity index (χ2v) is 8.60. The van der Waals surface area contributed by atoms with Crippen molar-refractivity contribution in [1.29, 1.82) is 0 Å². The second kappa shape index (κ2) is 9.73. The second-order valence-electron chi connectivity index (χ2n) is 8.60. The average Bonchev–Trinajstić information content (AvgIpc) is 3.34. The highest BCUT2D eigenvalue weighted by Crippen LogP contribution is 2.34. The van der Waals surface area contributed by atoms with Crippen LogP contribution in [0.3, 0.4) is 0 Å². The fraction of sp³-hybridized carbons (Fsp3) is 0.308. The molecule has 0 aliphatic carbocycles. The molecular weight excluding hydrogens is 464 g/mol. The van der Waals surface area contributed by atoms with Gasteiger partial charge in [0.2, 0.25) is 12.7 Å². The van der Waals surface area contributed by atoms with Crippen molar-refractivity contribution in [2.24, 2.45) is 0 Å². The predicted octanol–water partition coefficient (Wildman–Crippen LogP) is 3.10. The maximum Gasteiger partial charge on any atom is 0.410 e. The molecule has 10 nitrogen and oxygen atoms in total. The lowest BCUT2D eigenvalue weighted by atomic mass is 10.1. The topological polar surface area (TPSA) is 112 Å². The Balaban J connectivity index is 1.48. The number of nitrogens with one attached hydrogen (secondary N) is 1. The number of amides is 2. The van der Waals surface area contributed by atoms with Crippen LogP contribution in [0.15, 0.2) is 47.3 Å². The van der Waals surface area contributed by atoms with E-state index in [1.165, 1.54) is 9.47 Å². The molecule has 2 aliphatic heterocycles. The van der Waals surface area contributed by atoms with E-state index in [0.29, 0.717) is 52.8 Å². The third-order valence-corrected chi connectivity index (χ3v) is 6.11. The lowest BCUT2D eigenvalue weighted by Crippen LogP contribution is -2.42. The first kappa shape index (κ1) is 23.4. The Labute approximate surface area is 207 Å². The van der Waals surface area contributed by atoms with Gasteiger partial charge in [0.05, 0.1) is 18.8 Å². The largest absolute Gasteiger partial charge is 0.454 e. The lowest BCUT2D eigenvalue weighted by Gasteiger charge is -2.28. The van der Waals surface area contributed by atoms with E-state index in [2.05, 4.69) is 5.32 Å². The minimum absolute atomic E-state index is 0.135. The molecule has 0 atom stereocenters. The van der Waals surface area contributed by atoms with Crippen LogP contribution in [0, 0.1) is 6.92 Å². The zero-order valence-corrected chi connectivity index (χ0v) is 20.1. The number of ether oxygens (including phenoxy) is 3. The quantitative estimate of drug-likeness (QED) is 0.585. The van der Waals surface area contributed by atoms with Crippen LogP contribution in [0.5, 0.6) is 11.5 Å². The zero-order chi connectivity index (χ0) is 25.2. The maximum absolute atomic E-state index is 13.6. The molecule has 1 aromatic heterocycles. The van der Waals surface area contributed by atoms with Gasteiger partial charge in [-0.3, -0.25) is 14.2 Å². The van der Waals surface area contributed by atoms with Gasteiger partial charge in [0.1, 0.15) is 12.4 Å². The highest BCUT2D eigenvalue weighted by Gasteiger charge is 2.28. The van der Waals surface area contributed by atoms with Gasteiger partial charge >= 0.3 is 6.09 Å². The number of carbonyl (C=O) groups excluding carboxylic acids is 2. The van der Waals surface area contributed by atoms with Gasteiger partial charge < -0.3 is 24.4 Å². The molecule has 2 aromatic carbocycles. The number of benzene rings is 2. The van der Waals surface area contributed by atoms with Crippen molar-refractivity contribution < 1.29 is 23.8 Å². The Bertz CT molecular complexity index is 1380. The lowest BCUT2D eigenvalue weighted by molar-refractivity contribution is -0.116. The molecule has 0 unspecified atom stereocenters. The van der Waals surface area contributed by atoms with Gasteiger partial charge in [-0.25, -0.2) is 9.78 Å². The molecule has 0 spiro atoms. The van der Waals surface area contributed by atoms with Crippen molar-refractivity contribution >= 4 is 17.7 Å². The first-order valence-corrected chi connectivity index (χ1v) is 11.7. The number of fused-ring (bicyclic) bond motifs is 2.